The van der Waals surface area contributed by atoms with Gasteiger partial charge in [-0.05, 0) is 6.92 Å². The highest BCUT2D eigenvalue weighted by Crippen LogP contribution is 2.43. The molecule has 0 aromatic carbocycles. The van der Waals surface area contributed by atoms with Crippen molar-refractivity contribution in [1.29, 1.82) is 0 Å². The summed E-state index contributed by atoms with van der Waals surface area (Å²) in [7, 11) is 0. The monoisotopic (exact) mass is 323 g/mol. The fraction of sp³-hybridized carbons (Fsp3) is 0.462. The number of ether oxygens (including phenoxy) is 1. The molecular formula is C13H14FN5O4. The number of nitrogens with one attached hydrogen (secondary N) is 1. The summed E-state index contributed by atoms with van der Waals surface area (Å²) in [6.07, 6.45) is 0.619. The zero-order valence-electron chi connectivity index (χ0n) is 12.0. The normalized spacial score (nSPS) is 32.0. The summed E-state index contributed by atoms with van der Waals surface area (Å²) < 4.78 is 21.5. The molecule has 1 unspecified atom stereocenters. The molecule has 0 bridgehead atoms. The van der Waals surface area contributed by atoms with Crippen LogP contribution in [0.4, 0.5) is 10.3 Å². The molecule has 0 saturated carbocycles. The topological polar surface area (TPSA) is 139 Å². The molecule has 3 rings (SSSR count). The van der Waals surface area contributed by atoms with Gasteiger partial charge in [-0.15, -0.1) is 6.42 Å². The van der Waals surface area contributed by atoms with Gasteiger partial charge in [0, 0.05) is 0 Å². The van der Waals surface area contributed by atoms with E-state index in [-0.39, 0.29) is 17.1 Å². The third-order valence-corrected chi connectivity index (χ3v) is 3.79. The lowest BCUT2D eigenvalue weighted by Gasteiger charge is -2.23. The number of hydrogen-bond donors (Lipinski definition) is 4. The summed E-state index contributed by atoms with van der Waals surface area (Å²) in [6.45, 7) is 1.33. The molecule has 1 saturated heterocycles. The van der Waals surface area contributed by atoms with Crippen LogP contribution in [0, 0.1) is 12.3 Å². The van der Waals surface area contributed by atoms with E-state index in [0.29, 0.717) is 0 Å². The Morgan fingerprint density at radius 2 is 2.39 bits per heavy atom. The number of nitrogens with two attached hydrogens (primary N) is 1. The predicted molar refractivity (Wildman–Crippen MR) is 76.8 cm³/mol. The Bertz CT molecular complexity index is 856. The van der Waals surface area contributed by atoms with Gasteiger partial charge in [0.05, 0.1) is 12.4 Å². The van der Waals surface area contributed by atoms with Gasteiger partial charge >= 0.3 is 0 Å². The van der Waals surface area contributed by atoms with Crippen LogP contribution in [0.3, 0.4) is 0 Å². The molecular weight excluding hydrogens is 309 g/mol. The van der Waals surface area contributed by atoms with Crippen LogP contribution in [0.25, 0.3) is 11.2 Å². The summed E-state index contributed by atoms with van der Waals surface area (Å²) in [6, 6.07) is 0. The van der Waals surface area contributed by atoms with E-state index in [0.717, 1.165) is 10.9 Å². The largest absolute Gasteiger partial charge is 0.391 e. The van der Waals surface area contributed by atoms with E-state index in [9.17, 15) is 15.0 Å². The van der Waals surface area contributed by atoms with Gasteiger partial charge in [0.1, 0.15) is 12.2 Å². The molecule has 2 aromatic heterocycles. The molecule has 0 spiro atoms. The molecule has 2 aromatic rings. The maximum Gasteiger partial charge on any atom is 0.280 e. The SMILES string of the molecule is C#C[C@@]1(F)C(O)[C@@H]([C@@H](C)O)O[C@H]1n1cnc2c(=O)[nH]c(N)nc21. The molecule has 0 amide bonds. The molecule has 0 radical (unpaired) electrons. The van der Waals surface area contributed by atoms with Gasteiger partial charge in [0.2, 0.25) is 11.6 Å². The van der Waals surface area contributed by atoms with Crippen LogP contribution in [0.2, 0.25) is 0 Å². The maximum atomic E-state index is 15.1. The number of fused-ring (bicyclic) bond motifs is 1. The number of halogens is 1. The highest BCUT2D eigenvalue weighted by molar-refractivity contribution is 5.70. The number of terminal acetylenes is 1. The van der Waals surface area contributed by atoms with Gasteiger partial charge in [-0.3, -0.25) is 14.3 Å². The van der Waals surface area contributed by atoms with Crippen LogP contribution < -0.4 is 11.3 Å². The molecule has 10 heteroatoms. The third-order valence-electron chi connectivity index (χ3n) is 3.79. The van der Waals surface area contributed by atoms with Crippen molar-refractivity contribution in [3.63, 3.8) is 0 Å². The van der Waals surface area contributed by atoms with Crippen molar-refractivity contribution < 1.29 is 19.3 Å². The Balaban J connectivity index is 2.18. The third kappa shape index (κ3) is 2.09. The first-order chi connectivity index (χ1) is 10.8. The summed E-state index contributed by atoms with van der Waals surface area (Å²) in [5.41, 5.74) is 2.09. The van der Waals surface area contributed by atoms with Gasteiger partial charge in [0.15, 0.2) is 17.4 Å². The lowest BCUT2D eigenvalue weighted by Crippen LogP contribution is -2.43. The first kappa shape index (κ1) is 15.4. The fourth-order valence-corrected chi connectivity index (χ4v) is 2.62. The fourth-order valence-electron chi connectivity index (χ4n) is 2.62. The van der Waals surface area contributed by atoms with E-state index in [4.69, 9.17) is 16.9 Å². The summed E-state index contributed by atoms with van der Waals surface area (Å²) in [5.74, 6) is 1.67. The predicted octanol–water partition coefficient (Wildman–Crippen LogP) is -1.32. The standard InChI is InChI=1S/C13H14FN5O4/c1-3-13(14)8(21)7(5(2)20)23-11(13)19-4-16-6-9(19)17-12(15)18-10(6)22/h1,4-5,7-8,11,20-21H,2H3,(H3,15,17,18,22)/t5-,7-,8?,11-,13-/m1/s1. The van der Waals surface area contributed by atoms with Crippen LogP contribution in [0.1, 0.15) is 13.2 Å². The Morgan fingerprint density at radius 1 is 1.70 bits per heavy atom. The van der Waals surface area contributed by atoms with Crippen LogP contribution in [-0.2, 0) is 4.74 Å². The molecule has 5 N–H and O–H groups in total. The molecule has 5 atom stereocenters. The molecule has 3 heterocycles. The molecule has 1 fully saturated rings. The molecule has 23 heavy (non-hydrogen) atoms. The van der Waals surface area contributed by atoms with Gasteiger partial charge in [0.25, 0.3) is 5.56 Å². The number of hydrogen-bond acceptors (Lipinski definition) is 7. The first-order valence-electron chi connectivity index (χ1n) is 6.70. The Hall–Kier alpha value is -2.48. The zero-order chi connectivity index (χ0) is 16.9. The van der Waals surface area contributed by atoms with Crippen molar-refractivity contribution in [3.8, 4) is 12.3 Å². The second-order valence-electron chi connectivity index (χ2n) is 5.33. The summed E-state index contributed by atoms with van der Waals surface area (Å²) in [5, 5.41) is 19.7. The minimum atomic E-state index is -2.64. The highest BCUT2D eigenvalue weighted by atomic mass is 19.1. The second-order valence-corrected chi connectivity index (χ2v) is 5.33. The van der Waals surface area contributed by atoms with Crippen LogP contribution in [-0.4, -0.2) is 53.7 Å². The van der Waals surface area contributed by atoms with E-state index in [2.05, 4.69) is 15.0 Å². The van der Waals surface area contributed by atoms with Gasteiger partial charge < -0.3 is 20.7 Å². The lowest BCUT2D eigenvalue weighted by molar-refractivity contribution is -0.0776. The summed E-state index contributed by atoms with van der Waals surface area (Å²) >= 11 is 0. The molecule has 1 aliphatic rings. The quantitative estimate of drug-likeness (QED) is 0.503. The van der Waals surface area contributed by atoms with E-state index >= 15 is 4.39 Å². The average molecular weight is 323 g/mol. The second kappa shape index (κ2) is 5.02. The number of aliphatic hydroxyl groups is 2. The minimum Gasteiger partial charge on any atom is -0.391 e. The number of aliphatic hydroxyl groups excluding tert-OH is 2. The van der Waals surface area contributed by atoms with Crippen molar-refractivity contribution in [2.75, 3.05) is 5.73 Å². The number of rotatable bonds is 2. The number of aromatic amines is 1. The zero-order valence-corrected chi connectivity index (χ0v) is 12.0. The lowest BCUT2D eigenvalue weighted by atomic mass is 9.95. The number of H-pyrrole nitrogens is 1. The number of nitrogen functional groups attached to an aromatic ring is 1. The molecule has 122 valence electrons. The van der Waals surface area contributed by atoms with Crippen LogP contribution in [0.15, 0.2) is 11.1 Å². The number of nitrogens with zero attached hydrogens (tertiary/aromatic N) is 3. The van der Waals surface area contributed by atoms with E-state index in [1.165, 1.54) is 6.92 Å². The Kier molecular flexibility index (Phi) is 3.36. The van der Waals surface area contributed by atoms with Crippen molar-refractivity contribution in [3.05, 3.63) is 16.7 Å². The molecule has 9 nitrogen and oxygen atoms in total. The van der Waals surface area contributed by atoms with E-state index in [1.807, 2.05) is 5.92 Å². The van der Waals surface area contributed by atoms with Gasteiger partial charge in [-0.1, -0.05) is 5.92 Å². The van der Waals surface area contributed by atoms with Gasteiger partial charge in [-0.2, -0.15) is 4.98 Å². The Morgan fingerprint density at radius 3 is 3.00 bits per heavy atom. The van der Waals surface area contributed by atoms with Crippen molar-refractivity contribution in [2.45, 2.75) is 37.1 Å². The maximum absolute atomic E-state index is 15.1. The molecule has 1 aliphatic heterocycles. The van der Waals surface area contributed by atoms with E-state index in [1.54, 1.807) is 0 Å². The number of aromatic nitrogens is 4. The first-order valence-corrected chi connectivity index (χ1v) is 6.70. The number of anilines is 1. The molecule has 0 aliphatic carbocycles. The van der Waals surface area contributed by atoms with Crippen molar-refractivity contribution in [1.82, 2.24) is 19.5 Å². The smallest absolute Gasteiger partial charge is 0.280 e. The average Bonchev–Trinajstić information content (AvgIpc) is 3.00. The van der Waals surface area contributed by atoms with Crippen molar-refractivity contribution >= 4 is 17.1 Å². The Labute approximate surface area is 128 Å². The number of imidazole rings is 1. The summed E-state index contributed by atoms with van der Waals surface area (Å²) in [4.78, 5) is 21.8. The highest BCUT2D eigenvalue weighted by Gasteiger charge is 2.59. The van der Waals surface area contributed by atoms with E-state index < -0.39 is 35.8 Å². The van der Waals surface area contributed by atoms with Crippen molar-refractivity contribution in [2.24, 2.45) is 0 Å². The minimum absolute atomic E-state index is 0.0491. The van der Waals surface area contributed by atoms with Crippen LogP contribution >= 0.6 is 0 Å². The van der Waals surface area contributed by atoms with Crippen LogP contribution in [0.5, 0.6) is 0 Å². The number of alkyl halides is 1. The van der Waals surface area contributed by atoms with Gasteiger partial charge in [-0.25, -0.2) is 9.37 Å².